The summed E-state index contributed by atoms with van der Waals surface area (Å²) in [6.45, 7) is 6.96. The number of para-hydroxylation sites is 1. The van der Waals surface area contributed by atoms with Crippen molar-refractivity contribution in [2.45, 2.75) is 6.42 Å². The number of rotatable bonds is 6. The van der Waals surface area contributed by atoms with Gasteiger partial charge >= 0.3 is 0 Å². The lowest BCUT2D eigenvalue weighted by Crippen LogP contribution is -2.49. The molecular weight excluding hydrogens is 384 g/mol. The summed E-state index contributed by atoms with van der Waals surface area (Å²) >= 11 is 6.10. The molecule has 2 saturated heterocycles. The third-order valence-electron chi connectivity index (χ3n) is 5.91. The Balaban J connectivity index is 1.16. The molecule has 2 aliphatic rings. The Labute approximate surface area is 178 Å². The maximum Gasteiger partial charge on any atom is 0.234 e. The van der Waals surface area contributed by atoms with E-state index in [-0.39, 0.29) is 5.91 Å². The highest BCUT2D eigenvalue weighted by molar-refractivity contribution is 6.30. The third-order valence-corrected chi connectivity index (χ3v) is 6.14. The second-order valence-electron chi connectivity index (χ2n) is 7.98. The summed E-state index contributed by atoms with van der Waals surface area (Å²) in [5.74, 6) is 0.665. The Morgan fingerprint density at radius 3 is 2.45 bits per heavy atom. The Hall–Kier alpha value is -2.24. The zero-order chi connectivity index (χ0) is 20.1. The molecule has 2 aromatic carbocycles. The molecule has 0 aromatic heterocycles. The minimum absolute atomic E-state index is 0.138. The fourth-order valence-electron chi connectivity index (χ4n) is 4.23. The van der Waals surface area contributed by atoms with Crippen LogP contribution < -0.4 is 15.1 Å². The van der Waals surface area contributed by atoms with Crippen LogP contribution in [-0.2, 0) is 4.79 Å². The summed E-state index contributed by atoms with van der Waals surface area (Å²) in [6.07, 6.45) is 1.13. The van der Waals surface area contributed by atoms with Gasteiger partial charge in [-0.15, -0.1) is 0 Å². The molecule has 1 amide bonds. The van der Waals surface area contributed by atoms with E-state index in [1.54, 1.807) is 0 Å². The van der Waals surface area contributed by atoms with Crippen LogP contribution >= 0.6 is 11.6 Å². The number of amides is 1. The van der Waals surface area contributed by atoms with Crippen molar-refractivity contribution in [1.29, 1.82) is 0 Å². The highest BCUT2D eigenvalue weighted by Crippen LogP contribution is 2.23. The number of benzene rings is 2. The molecule has 29 heavy (non-hydrogen) atoms. The number of piperazine rings is 1. The number of carbonyl (C=O) groups is 1. The molecule has 2 heterocycles. The molecule has 1 atom stereocenters. The van der Waals surface area contributed by atoms with Crippen LogP contribution in [-0.4, -0.2) is 63.2 Å². The quantitative estimate of drug-likeness (QED) is 0.791. The summed E-state index contributed by atoms with van der Waals surface area (Å²) in [5, 5.41) is 3.92. The molecule has 1 N–H and O–H groups in total. The lowest BCUT2D eigenvalue weighted by molar-refractivity contribution is -0.122. The SMILES string of the molecule is O=C(CN1CCN(c2cccc(Cl)c2)CC1)NC[C@@H]1CCN(c2ccccc2)C1. The van der Waals surface area contributed by atoms with Crippen molar-refractivity contribution >= 4 is 28.9 Å². The highest BCUT2D eigenvalue weighted by Gasteiger charge is 2.24. The lowest BCUT2D eigenvalue weighted by atomic mass is 10.1. The van der Waals surface area contributed by atoms with Gasteiger partial charge in [0.15, 0.2) is 0 Å². The van der Waals surface area contributed by atoms with Crippen LogP contribution in [0.3, 0.4) is 0 Å². The molecule has 0 saturated carbocycles. The van der Waals surface area contributed by atoms with Gasteiger partial charge in [-0.1, -0.05) is 35.9 Å². The minimum Gasteiger partial charge on any atom is -0.371 e. The van der Waals surface area contributed by atoms with Gasteiger partial charge in [-0.3, -0.25) is 9.69 Å². The Kier molecular flexibility index (Phi) is 6.57. The van der Waals surface area contributed by atoms with Crippen LogP contribution in [0.15, 0.2) is 54.6 Å². The number of hydrogen-bond donors (Lipinski definition) is 1. The van der Waals surface area contributed by atoms with Gasteiger partial charge in [-0.2, -0.15) is 0 Å². The van der Waals surface area contributed by atoms with E-state index in [1.807, 2.05) is 24.3 Å². The minimum atomic E-state index is 0.138. The maximum absolute atomic E-state index is 12.4. The van der Waals surface area contributed by atoms with E-state index in [2.05, 4.69) is 50.3 Å². The molecule has 4 rings (SSSR count). The largest absolute Gasteiger partial charge is 0.371 e. The van der Waals surface area contributed by atoms with E-state index in [1.165, 1.54) is 5.69 Å². The number of nitrogens with one attached hydrogen (secondary N) is 1. The van der Waals surface area contributed by atoms with Gasteiger partial charge in [-0.25, -0.2) is 0 Å². The monoisotopic (exact) mass is 412 g/mol. The van der Waals surface area contributed by atoms with Gasteiger partial charge in [0.05, 0.1) is 6.54 Å². The van der Waals surface area contributed by atoms with Crippen LogP contribution in [0.5, 0.6) is 0 Å². The summed E-state index contributed by atoms with van der Waals surface area (Å²) in [6, 6.07) is 18.5. The predicted octanol–water partition coefficient (Wildman–Crippen LogP) is 3.10. The van der Waals surface area contributed by atoms with Gasteiger partial charge in [0.25, 0.3) is 0 Å². The van der Waals surface area contributed by atoms with Crippen molar-refractivity contribution in [2.75, 3.05) is 62.2 Å². The standard InChI is InChI=1S/C23H29ClN4O/c24-20-5-4-8-22(15-20)27-13-11-26(12-14-27)18-23(29)25-16-19-9-10-28(17-19)21-6-2-1-3-7-21/h1-8,15,19H,9-14,16-18H2,(H,25,29)/t19-/m0/s1. The zero-order valence-electron chi connectivity index (χ0n) is 16.8. The van der Waals surface area contributed by atoms with Crippen molar-refractivity contribution in [3.63, 3.8) is 0 Å². The number of hydrogen-bond acceptors (Lipinski definition) is 4. The first kappa shape index (κ1) is 20.0. The van der Waals surface area contributed by atoms with E-state index in [9.17, 15) is 4.79 Å². The molecular formula is C23H29ClN4O. The molecule has 0 bridgehead atoms. The van der Waals surface area contributed by atoms with Gasteiger partial charge in [0, 0.05) is 62.2 Å². The topological polar surface area (TPSA) is 38.8 Å². The molecule has 0 unspecified atom stereocenters. The number of halogens is 1. The third kappa shape index (κ3) is 5.43. The maximum atomic E-state index is 12.4. The van der Waals surface area contributed by atoms with Gasteiger partial charge in [0.2, 0.25) is 5.91 Å². The van der Waals surface area contributed by atoms with Crippen LogP contribution in [0.4, 0.5) is 11.4 Å². The summed E-state index contributed by atoms with van der Waals surface area (Å²) in [4.78, 5) is 19.4. The van der Waals surface area contributed by atoms with Crippen molar-refractivity contribution in [3.05, 3.63) is 59.6 Å². The lowest BCUT2D eigenvalue weighted by Gasteiger charge is -2.35. The number of anilines is 2. The first-order valence-electron chi connectivity index (χ1n) is 10.5. The van der Waals surface area contributed by atoms with E-state index >= 15 is 0 Å². The number of nitrogens with zero attached hydrogens (tertiary/aromatic N) is 3. The first-order chi connectivity index (χ1) is 14.2. The Bertz CT molecular complexity index is 808. The Morgan fingerprint density at radius 2 is 1.69 bits per heavy atom. The normalized spacial score (nSPS) is 20.1. The molecule has 6 heteroatoms. The first-order valence-corrected chi connectivity index (χ1v) is 10.8. The fourth-order valence-corrected chi connectivity index (χ4v) is 4.41. The fraction of sp³-hybridized carbons (Fsp3) is 0.435. The average molecular weight is 413 g/mol. The number of carbonyl (C=O) groups excluding carboxylic acids is 1. The van der Waals surface area contributed by atoms with E-state index in [4.69, 9.17) is 11.6 Å². The molecule has 0 aliphatic carbocycles. The van der Waals surface area contributed by atoms with Gasteiger partial charge in [-0.05, 0) is 42.7 Å². The summed E-state index contributed by atoms with van der Waals surface area (Å²) in [5.41, 5.74) is 2.43. The zero-order valence-corrected chi connectivity index (χ0v) is 17.5. The van der Waals surface area contributed by atoms with Crippen LogP contribution in [0.25, 0.3) is 0 Å². The Morgan fingerprint density at radius 1 is 0.931 bits per heavy atom. The van der Waals surface area contributed by atoms with Crippen molar-refractivity contribution < 1.29 is 4.79 Å². The molecule has 0 radical (unpaired) electrons. The van der Waals surface area contributed by atoms with Crippen LogP contribution in [0.1, 0.15) is 6.42 Å². The van der Waals surface area contributed by atoms with Crippen LogP contribution in [0, 0.1) is 5.92 Å². The smallest absolute Gasteiger partial charge is 0.234 e. The summed E-state index contributed by atoms with van der Waals surface area (Å²) in [7, 11) is 0. The van der Waals surface area contributed by atoms with Gasteiger partial charge in [0.1, 0.15) is 0 Å². The molecule has 154 valence electrons. The van der Waals surface area contributed by atoms with Crippen molar-refractivity contribution in [2.24, 2.45) is 5.92 Å². The van der Waals surface area contributed by atoms with E-state index < -0.39 is 0 Å². The summed E-state index contributed by atoms with van der Waals surface area (Å²) < 4.78 is 0. The molecule has 0 spiro atoms. The van der Waals surface area contributed by atoms with Crippen LogP contribution in [0.2, 0.25) is 5.02 Å². The molecule has 5 nitrogen and oxygen atoms in total. The molecule has 2 fully saturated rings. The van der Waals surface area contributed by atoms with E-state index in [0.717, 1.165) is 62.9 Å². The van der Waals surface area contributed by atoms with Crippen molar-refractivity contribution in [1.82, 2.24) is 10.2 Å². The molecule has 2 aliphatic heterocycles. The highest BCUT2D eigenvalue weighted by atomic mass is 35.5. The second kappa shape index (κ2) is 9.51. The van der Waals surface area contributed by atoms with E-state index in [0.29, 0.717) is 12.5 Å². The predicted molar refractivity (Wildman–Crippen MR) is 120 cm³/mol. The average Bonchev–Trinajstić information content (AvgIpc) is 3.23. The van der Waals surface area contributed by atoms with Gasteiger partial charge < -0.3 is 15.1 Å². The van der Waals surface area contributed by atoms with Crippen molar-refractivity contribution in [3.8, 4) is 0 Å². The second-order valence-corrected chi connectivity index (χ2v) is 8.42. The molecule has 2 aromatic rings.